The Labute approximate surface area is 332 Å². The maximum atomic E-state index is 6.28. The molecule has 270 valence electrons. The highest BCUT2D eigenvalue weighted by Gasteiger charge is 2.18. The minimum Gasteiger partial charge on any atom is -0.456 e. The minimum atomic E-state index is 0.588. The normalized spacial score (nSPS) is 11.8. The molecule has 0 N–H and O–H groups in total. The molecule has 0 aliphatic carbocycles. The van der Waals surface area contributed by atoms with Crippen molar-refractivity contribution in [2.45, 2.75) is 0 Å². The van der Waals surface area contributed by atoms with E-state index in [1.807, 2.05) is 42.5 Å². The average Bonchev–Trinajstić information content (AvgIpc) is 3.88. The summed E-state index contributed by atoms with van der Waals surface area (Å²) in [5.41, 5.74) is 10.7. The first-order valence-electron chi connectivity index (χ1n) is 19.4. The van der Waals surface area contributed by atoms with E-state index in [0.29, 0.717) is 17.5 Å². The largest absolute Gasteiger partial charge is 0.456 e. The van der Waals surface area contributed by atoms with Gasteiger partial charge in [-0.15, -0.1) is 0 Å². The Hall–Kier alpha value is -7.89. The third kappa shape index (κ3) is 5.21. The summed E-state index contributed by atoms with van der Waals surface area (Å²) in [6.07, 6.45) is 0. The van der Waals surface area contributed by atoms with Crippen molar-refractivity contribution in [1.82, 2.24) is 15.0 Å². The van der Waals surface area contributed by atoms with E-state index < -0.39 is 0 Å². The molecule has 0 aliphatic rings. The van der Waals surface area contributed by atoms with E-state index in [1.54, 1.807) is 0 Å². The quantitative estimate of drug-likeness (QED) is 0.176. The zero-order chi connectivity index (χ0) is 38.2. The molecule has 5 nitrogen and oxygen atoms in total. The number of hydrogen-bond acceptors (Lipinski definition) is 5. The number of fused-ring (bicyclic) bond motifs is 9. The van der Waals surface area contributed by atoms with E-state index in [1.165, 1.54) is 27.1 Å². The van der Waals surface area contributed by atoms with Crippen LogP contribution in [0.1, 0.15) is 0 Å². The van der Waals surface area contributed by atoms with Crippen molar-refractivity contribution >= 4 is 65.4 Å². The average molecular weight is 742 g/mol. The van der Waals surface area contributed by atoms with Gasteiger partial charge in [-0.3, -0.25) is 0 Å². The summed E-state index contributed by atoms with van der Waals surface area (Å²) in [6.45, 7) is 0. The first-order chi connectivity index (χ1) is 28.7. The molecule has 0 spiro atoms. The standard InChI is InChI=1S/C53H31N3O2/c1-2-11-39-33(9-1)10-7-14-40(39)34-21-26-37(27-22-34)52-54-51(55-53(56-52)43-15-8-18-47-49(43)41-12-3-5-16-45(41)57-47)36-24-19-32(20-25-36)38-28-23-35-29-30-48-50(44(35)31-38)42-13-4-6-17-46(42)58-48/h1-31H. The molecule has 3 aromatic heterocycles. The highest BCUT2D eigenvalue weighted by atomic mass is 16.3. The van der Waals surface area contributed by atoms with Gasteiger partial charge in [-0.25, -0.2) is 15.0 Å². The molecule has 12 rings (SSSR count). The van der Waals surface area contributed by atoms with Crippen molar-refractivity contribution in [3.63, 3.8) is 0 Å². The SMILES string of the molecule is c1ccc2c(-c3ccc(-c4nc(-c5ccc(-c6ccc7ccc8oc9ccccc9c8c7c6)cc5)nc(-c5cccc6oc7ccccc7c56)n4)cc3)cccc2c1. The van der Waals surface area contributed by atoms with Crippen LogP contribution in [-0.4, -0.2) is 15.0 Å². The van der Waals surface area contributed by atoms with Crippen LogP contribution >= 0.6 is 0 Å². The van der Waals surface area contributed by atoms with Crippen molar-refractivity contribution in [2.24, 2.45) is 0 Å². The molecular weight excluding hydrogens is 711 g/mol. The van der Waals surface area contributed by atoms with Crippen molar-refractivity contribution in [3.8, 4) is 56.4 Å². The van der Waals surface area contributed by atoms with E-state index in [-0.39, 0.29) is 0 Å². The third-order valence-corrected chi connectivity index (χ3v) is 11.4. The number of aromatic nitrogens is 3. The van der Waals surface area contributed by atoms with Crippen LogP contribution in [0.25, 0.3) is 122 Å². The first-order valence-corrected chi connectivity index (χ1v) is 19.4. The van der Waals surface area contributed by atoms with Crippen molar-refractivity contribution in [1.29, 1.82) is 0 Å². The number of nitrogens with zero attached hydrogens (tertiary/aromatic N) is 3. The van der Waals surface area contributed by atoms with Gasteiger partial charge in [0.15, 0.2) is 17.5 Å². The molecule has 0 saturated carbocycles. The molecule has 5 heteroatoms. The molecule has 58 heavy (non-hydrogen) atoms. The Balaban J connectivity index is 0.983. The highest BCUT2D eigenvalue weighted by Crippen LogP contribution is 2.39. The van der Waals surface area contributed by atoms with E-state index in [9.17, 15) is 0 Å². The Morgan fingerprint density at radius 1 is 0.276 bits per heavy atom. The van der Waals surface area contributed by atoms with Gasteiger partial charge in [0.25, 0.3) is 0 Å². The predicted molar refractivity (Wildman–Crippen MR) is 237 cm³/mol. The van der Waals surface area contributed by atoms with Crippen LogP contribution < -0.4 is 0 Å². The van der Waals surface area contributed by atoms with Gasteiger partial charge in [0.05, 0.1) is 0 Å². The lowest BCUT2D eigenvalue weighted by molar-refractivity contribution is 0.668. The highest BCUT2D eigenvalue weighted by molar-refractivity contribution is 6.19. The minimum absolute atomic E-state index is 0.588. The van der Waals surface area contributed by atoms with Crippen LogP contribution in [0.2, 0.25) is 0 Å². The number of para-hydroxylation sites is 2. The van der Waals surface area contributed by atoms with Gasteiger partial charge in [-0.05, 0) is 74.1 Å². The monoisotopic (exact) mass is 741 g/mol. The van der Waals surface area contributed by atoms with Gasteiger partial charge in [0.1, 0.15) is 22.3 Å². The van der Waals surface area contributed by atoms with E-state index in [4.69, 9.17) is 23.8 Å². The summed E-state index contributed by atoms with van der Waals surface area (Å²) < 4.78 is 12.5. The number of furan rings is 2. The summed E-state index contributed by atoms with van der Waals surface area (Å²) in [6, 6.07) is 65.2. The van der Waals surface area contributed by atoms with Crippen LogP contribution in [0.3, 0.4) is 0 Å². The number of rotatable bonds is 5. The maximum absolute atomic E-state index is 6.28. The number of benzene rings is 9. The third-order valence-electron chi connectivity index (χ3n) is 11.4. The second-order valence-corrected chi connectivity index (χ2v) is 14.7. The maximum Gasteiger partial charge on any atom is 0.164 e. The van der Waals surface area contributed by atoms with Crippen molar-refractivity contribution in [3.05, 3.63) is 188 Å². The number of hydrogen-bond donors (Lipinski definition) is 0. The Bertz CT molecular complexity index is 3560. The zero-order valence-corrected chi connectivity index (χ0v) is 31.1. The van der Waals surface area contributed by atoms with Crippen LogP contribution in [0.4, 0.5) is 0 Å². The fourth-order valence-corrected chi connectivity index (χ4v) is 8.53. The second-order valence-electron chi connectivity index (χ2n) is 14.7. The topological polar surface area (TPSA) is 65.0 Å². The van der Waals surface area contributed by atoms with Gasteiger partial charge < -0.3 is 8.83 Å². The van der Waals surface area contributed by atoms with Gasteiger partial charge in [-0.1, -0.05) is 158 Å². The predicted octanol–water partition coefficient (Wildman–Crippen LogP) is 14.3. The Kier molecular flexibility index (Phi) is 7.16. The summed E-state index contributed by atoms with van der Waals surface area (Å²) in [7, 11) is 0. The molecule has 0 radical (unpaired) electrons. The summed E-state index contributed by atoms with van der Waals surface area (Å²) in [5, 5.41) is 9.06. The summed E-state index contributed by atoms with van der Waals surface area (Å²) >= 11 is 0. The van der Waals surface area contributed by atoms with Crippen LogP contribution in [0.5, 0.6) is 0 Å². The van der Waals surface area contributed by atoms with Gasteiger partial charge in [0.2, 0.25) is 0 Å². The van der Waals surface area contributed by atoms with Gasteiger partial charge in [0, 0.05) is 38.2 Å². The molecular formula is C53H31N3O2. The lowest BCUT2D eigenvalue weighted by Gasteiger charge is -2.11. The molecule has 0 atom stereocenters. The summed E-state index contributed by atoms with van der Waals surface area (Å²) in [4.78, 5) is 15.4. The molecule has 0 unspecified atom stereocenters. The molecule has 0 aliphatic heterocycles. The lowest BCUT2D eigenvalue weighted by atomic mass is 9.97. The smallest absolute Gasteiger partial charge is 0.164 e. The van der Waals surface area contributed by atoms with Crippen molar-refractivity contribution < 1.29 is 8.83 Å². The van der Waals surface area contributed by atoms with E-state index in [0.717, 1.165) is 77.3 Å². The molecule has 3 heterocycles. The molecule has 0 fully saturated rings. The van der Waals surface area contributed by atoms with Crippen molar-refractivity contribution in [2.75, 3.05) is 0 Å². The Morgan fingerprint density at radius 2 is 0.759 bits per heavy atom. The fraction of sp³-hybridized carbons (Fsp3) is 0. The molecule has 0 saturated heterocycles. The molecule has 0 amide bonds. The van der Waals surface area contributed by atoms with Crippen LogP contribution in [-0.2, 0) is 0 Å². The fourth-order valence-electron chi connectivity index (χ4n) is 8.53. The first kappa shape index (κ1) is 32.4. The van der Waals surface area contributed by atoms with E-state index >= 15 is 0 Å². The van der Waals surface area contributed by atoms with Gasteiger partial charge >= 0.3 is 0 Å². The van der Waals surface area contributed by atoms with Gasteiger partial charge in [-0.2, -0.15) is 0 Å². The molecule has 0 bridgehead atoms. The van der Waals surface area contributed by atoms with Crippen LogP contribution in [0.15, 0.2) is 197 Å². The van der Waals surface area contributed by atoms with E-state index in [2.05, 4.69) is 146 Å². The summed E-state index contributed by atoms with van der Waals surface area (Å²) in [5.74, 6) is 1.79. The van der Waals surface area contributed by atoms with Crippen LogP contribution in [0, 0.1) is 0 Å². The molecule has 12 aromatic rings. The second kappa shape index (κ2) is 12.8. The lowest BCUT2D eigenvalue weighted by Crippen LogP contribution is -2.00. The zero-order valence-electron chi connectivity index (χ0n) is 31.1. The Morgan fingerprint density at radius 3 is 1.50 bits per heavy atom. The molecule has 9 aromatic carbocycles.